The lowest BCUT2D eigenvalue weighted by Gasteiger charge is -2.08. The summed E-state index contributed by atoms with van der Waals surface area (Å²) in [6, 6.07) is 7.73. The number of hydrogen-bond donors (Lipinski definition) is 1. The molecule has 0 fully saturated rings. The quantitative estimate of drug-likeness (QED) is 0.836. The van der Waals surface area contributed by atoms with E-state index in [0.29, 0.717) is 25.3 Å². The van der Waals surface area contributed by atoms with Crippen molar-refractivity contribution in [1.29, 1.82) is 5.26 Å². The van der Waals surface area contributed by atoms with Gasteiger partial charge in [-0.25, -0.2) is 0 Å². The van der Waals surface area contributed by atoms with E-state index in [0.717, 1.165) is 10.2 Å². The van der Waals surface area contributed by atoms with Crippen LogP contribution in [0.2, 0.25) is 0 Å². The second-order valence-corrected chi connectivity index (χ2v) is 3.84. The molecular weight excluding hydrogens is 256 g/mol. The molecule has 1 aromatic rings. The van der Waals surface area contributed by atoms with Gasteiger partial charge >= 0.3 is 0 Å². The number of nitrogens with zero attached hydrogens (tertiary/aromatic N) is 1. The van der Waals surface area contributed by atoms with Crippen molar-refractivity contribution in [2.24, 2.45) is 0 Å². The van der Waals surface area contributed by atoms with Crippen LogP contribution in [0, 0.1) is 11.3 Å². The molecule has 0 amide bonds. The van der Waals surface area contributed by atoms with E-state index in [1.54, 1.807) is 6.07 Å². The molecule has 0 saturated heterocycles. The van der Waals surface area contributed by atoms with Crippen molar-refractivity contribution in [3.05, 3.63) is 28.2 Å². The molecule has 0 saturated carbocycles. The molecule has 1 rings (SSSR count). The van der Waals surface area contributed by atoms with Crippen LogP contribution in [0.5, 0.6) is 0 Å². The van der Waals surface area contributed by atoms with E-state index in [-0.39, 0.29) is 0 Å². The minimum absolute atomic E-state index is 0.640. The number of hydrogen-bond acceptors (Lipinski definition) is 3. The highest BCUT2D eigenvalue weighted by atomic mass is 79.9. The molecular formula is C11H13BrN2O. The maximum atomic E-state index is 8.90. The Bertz CT molecular complexity index is 360. The lowest BCUT2D eigenvalue weighted by Crippen LogP contribution is -2.10. The number of nitriles is 1. The fourth-order valence-electron chi connectivity index (χ4n) is 1.17. The lowest BCUT2D eigenvalue weighted by atomic mass is 10.2. The first-order chi connectivity index (χ1) is 7.27. The van der Waals surface area contributed by atoms with Crippen LogP contribution in [0.3, 0.4) is 0 Å². The summed E-state index contributed by atoms with van der Waals surface area (Å²) in [5.41, 5.74) is 1.49. The molecule has 0 aliphatic rings. The summed E-state index contributed by atoms with van der Waals surface area (Å²) in [5, 5.41) is 12.1. The smallest absolute Gasteiger partial charge is 0.101 e. The number of rotatable bonds is 5. The van der Waals surface area contributed by atoms with Gasteiger partial charge in [0.1, 0.15) is 6.07 Å². The Morgan fingerprint density at radius 2 is 2.33 bits per heavy atom. The molecule has 1 aromatic carbocycles. The molecule has 80 valence electrons. The van der Waals surface area contributed by atoms with Crippen molar-refractivity contribution >= 4 is 21.6 Å². The van der Waals surface area contributed by atoms with E-state index < -0.39 is 0 Å². The van der Waals surface area contributed by atoms with E-state index in [1.165, 1.54) is 0 Å². The SMILES string of the molecule is CCOCCNc1ccc(Br)cc1C#N. The van der Waals surface area contributed by atoms with Crippen LogP contribution in [0.25, 0.3) is 0 Å². The Morgan fingerprint density at radius 1 is 1.53 bits per heavy atom. The molecule has 1 N–H and O–H groups in total. The third-order valence-electron chi connectivity index (χ3n) is 1.87. The second kappa shape index (κ2) is 6.44. The Hall–Kier alpha value is -1.05. The molecule has 0 aliphatic carbocycles. The summed E-state index contributed by atoms with van der Waals surface area (Å²) in [7, 11) is 0. The van der Waals surface area contributed by atoms with Crippen LogP contribution in [-0.4, -0.2) is 19.8 Å². The number of nitrogens with one attached hydrogen (secondary N) is 1. The normalized spacial score (nSPS) is 9.67. The predicted molar refractivity (Wildman–Crippen MR) is 63.8 cm³/mol. The molecule has 0 atom stereocenters. The fraction of sp³-hybridized carbons (Fsp3) is 0.364. The van der Waals surface area contributed by atoms with Crippen LogP contribution in [0.4, 0.5) is 5.69 Å². The second-order valence-electron chi connectivity index (χ2n) is 2.93. The monoisotopic (exact) mass is 268 g/mol. The van der Waals surface area contributed by atoms with Gasteiger partial charge in [0.2, 0.25) is 0 Å². The summed E-state index contributed by atoms with van der Waals surface area (Å²) in [6.45, 7) is 4.04. The van der Waals surface area contributed by atoms with Gasteiger partial charge in [0.15, 0.2) is 0 Å². The zero-order valence-electron chi connectivity index (χ0n) is 8.59. The maximum absolute atomic E-state index is 8.90. The van der Waals surface area contributed by atoms with E-state index in [1.807, 2.05) is 19.1 Å². The van der Waals surface area contributed by atoms with E-state index in [2.05, 4.69) is 27.3 Å². The maximum Gasteiger partial charge on any atom is 0.101 e. The predicted octanol–water partition coefficient (Wildman–Crippen LogP) is 2.77. The molecule has 0 aliphatic heterocycles. The van der Waals surface area contributed by atoms with Gasteiger partial charge in [-0.3, -0.25) is 0 Å². The van der Waals surface area contributed by atoms with Gasteiger partial charge in [-0.1, -0.05) is 15.9 Å². The highest BCUT2D eigenvalue weighted by Gasteiger charge is 2.01. The average Bonchev–Trinajstić information content (AvgIpc) is 2.26. The van der Waals surface area contributed by atoms with Gasteiger partial charge in [0.25, 0.3) is 0 Å². The van der Waals surface area contributed by atoms with Crippen molar-refractivity contribution in [2.75, 3.05) is 25.1 Å². The van der Waals surface area contributed by atoms with E-state index >= 15 is 0 Å². The molecule has 0 unspecified atom stereocenters. The Balaban J connectivity index is 2.57. The number of halogens is 1. The first kappa shape index (κ1) is 12.0. The summed E-state index contributed by atoms with van der Waals surface area (Å²) in [5.74, 6) is 0. The van der Waals surface area contributed by atoms with Gasteiger partial charge < -0.3 is 10.1 Å². The minimum Gasteiger partial charge on any atom is -0.382 e. The average molecular weight is 269 g/mol. The molecule has 0 bridgehead atoms. The van der Waals surface area contributed by atoms with E-state index in [9.17, 15) is 0 Å². The third-order valence-corrected chi connectivity index (χ3v) is 2.36. The summed E-state index contributed by atoms with van der Waals surface area (Å²) in [4.78, 5) is 0. The number of ether oxygens (including phenoxy) is 1. The molecule has 0 radical (unpaired) electrons. The van der Waals surface area contributed by atoms with Crippen molar-refractivity contribution in [3.8, 4) is 6.07 Å². The van der Waals surface area contributed by atoms with E-state index in [4.69, 9.17) is 10.00 Å². The lowest BCUT2D eigenvalue weighted by molar-refractivity contribution is 0.158. The number of benzene rings is 1. The van der Waals surface area contributed by atoms with Crippen LogP contribution in [0.15, 0.2) is 22.7 Å². The Kier molecular flexibility index (Phi) is 5.16. The standard InChI is InChI=1S/C11H13BrN2O/c1-2-15-6-5-14-11-4-3-10(12)7-9(11)8-13/h3-4,7,14H,2,5-6H2,1H3. The highest BCUT2D eigenvalue weighted by molar-refractivity contribution is 9.10. The topological polar surface area (TPSA) is 45.0 Å². The van der Waals surface area contributed by atoms with Crippen LogP contribution < -0.4 is 5.32 Å². The first-order valence-corrected chi connectivity index (χ1v) is 5.58. The van der Waals surface area contributed by atoms with Crippen molar-refractivity contribution in [3.63, 3.8) is 0 Å². The Morgan fingerprint density at radius 3 is 3.00 bits per heavy atom. The van der Waals surface area contributed by atoms with Gasteiger partial charge in [-0.2, -0.15) is 5.26 Å². The van der Waals surface area contributed by atoms with Gasteiger partial charge in [0, 0.05) is 17.6 Å². The largest absolute Gasteiger partial charge is 0.382 e. The first-order valence-electron chi connectivity index (χ1n) is 4.79. The molecule has 0 spiro atoms. The number of anilines is 1. The third kappa shape index (κ3) is 3.90. The summed E-state index contributed by atoms with van der Waals surface area (Å²) in [6.07, 6.45) is 0. The van der Waals surface area contributed by atoms with Crippen molar-refractivity contribution in [2.45, 2.75) is 6.92 Å². The molecule has 4 heteroatoms. The van der Waals surface area contributed by atoms with Crippen LogP contribution in [0.1, 0.15) is 12.5 Å². The molecule has 3 nitrogen and oxygen atoms in total. The van der Waals surface area contributed by atoms with Crippen molar-refractivity contribution in [1.82, 2.24) is 0 Å². The Labute approximate surface area is 98.2 Å². The van der Waals surface area contributed by atoms with Gasteiger partial charge in [-0.05, 0) is 25.1 Å². The summed E-state index contributed by atoms with van der Waals surface area (Å²) < 4.78 is 6.11. The van der Waals surface area contributed by atoms with Crippen LogP contribution in [-0.2, 0) is 4.74 Å². The van der Waals surface area contributed by atoms with Crippen molar-refractivity contribution < 1.29 is 4.74 Å². The fourth-order valence-corrected chi connectivity index (χ4v) is 1.53. The van der Waals surface area contributed by atoms with Gasteiger partial charge in [0.05, 0.1) is 17.9 Å². The highest BCUT2D eigenvalue weighted by Crippen LogP contribution is 2.19. The zero-order chi connectivity index (χ0) is 11.1. The summed E-state index contributed by atoms with van der Waals surface area (Å²) >= 11 is 3.33. The molecule has 0 heterocycles. The molecule has 15 heavy (non-hydrogen) atoms. The minimum atomic E-state index is 0.640. The van der Waals surface area contributed by atoms with Gasteiger partial charge in [-0.15, -0.1) is 0 Å². The van der Waals surface area contributed by atoms with Crippen LogP contribution >= 0.6 is 15.9 Å². The zero-order valence-corrected chi connectivity index (χ0v) is 10.2. The molecule has 0 aromatic heterocycles.